The number of hydrogen-bond donors (Lipinski definition) is 0. The van der Waals surface area contributed by atoms with Crippen LogP contribution in [0.15, 0.2) is 29.3 Å². The maximum Gasteiger partial charge on any atom is 0.316 e. The van der Waals surface area contributed by atoms with Crippen LogP contribution in [0.4, 0.5) is 0 Å². The van der Waals surface area contributed by atoms with E-state index in [4.69, 9.17) is 9.26 Å². The van der Waals surface area contributed by atoms with Crippen molar-refractivity contribution in [1.82, 2.24) is 30.0 Å². The number of rotatable bonds is 6. The second kappa shape index (κ2) is 8.02. The van der Waals surface area contributed by atoms with Crippen LogP contribution in [0.1, 0.15) is 29.1 Å². The fourth-order valence-corrected chi connectivity index (χ4v) is 3.80. The van der Waals surface area contributed by atoms with Crippen molar-refractivity contribution in [2.24, 2.45) is 5.92 Å². The van der Waals surface area contributed by atoms with E-state index in [-0.39, 0.29) is 0 Å². The molecule has 1 saturated heterocycles. The highest BCUT2D eigenvalue weighted by Crippen LogP contribution is 2.27. The molecule has 1 fully saturated rings. The standard InChI is InChI=1S/C20H24N6O2/c1-13-19(14(2)28-25-13)18-7-17(23-12-24-18)6-15-4-5-26(10-15)11-16-8-21-20(27-3)22-9-16/h7-9,12,15H,4-6,10-11H2,1-3H3. The van der Waals surface area contributed by atoms with Crippen LogP contribution in [-0.4, -0.2) is 50.2 Å². The van der Waals surface area contributed by atoms with Crippen LogP contribution < -0.4 is 4.74 Å². The molecule has 0 spiro atoms. The molecule has 8 nitrogen and oxygen atoms in total. The topological polar surface area (TPSA) is 90.1 Å². The van der Waals surface area contributed by atoms with Crippen molar-refractivity contribution in [3.05, 3.63) is 47.5 Å². The number of nitrogens with zero attached hydrogens (tertiary/aromatic N) is 6. The summed E-state index contributed by atoms with van der Waals surface area (Å²) in [5.41, 5.74) is 4.87. The Bertz CT molecular complexity index is 921. The molecular weight excluding hydrogens is 356 g/mol. The Hall–Kier alpha value is -2.87. The van der Waals surface area contributed by atoms with Crippen molar-refractivity contribution < 1.29 is 9.26 Å². The van der Waals surface area contributed by atoms with E-state index >= 15 is 0 Å². The molecule has 4 heterocycles. The van der Waals surface area contributed by atoms with Gasteiger partial charge in [0.2, 0.25) is 0 Å². The summed E-state index contributed by atoms with van der Waals surface area (Å²) in [6.07, 6.45) is 7.40. The first-order chi connectivity index (χ1) is 13.6. The molecule has 0 bridgehead atoms. The average molecular weight is 380 g/mol. The Morgan fingerprint density at radius 3 is 2.71 bits per heavy atom. The second-order valence-corrected chi connectivity index (χ2v) is 7.27. The van der Waals surface area contributed by atoms with Gasteiger partial charge in [-0.3, -0.25) is 4.90 Å². The first-order valence-corrected chi connectivity index (χ1v) is 9.44. The molecule has 3 aromatic heterocycles. The lowest BCUT2D eigenvalue weighted by atomic mass is 10.0. The Morgan fingerprint density at radius 1 is 1.18 bits per heavy atom. The van der Waals surface area contributed by atoms with Crippen LogP contribution in [0, 0.1) is 19.8 Å². The van der Waals surface area contributed by atoms with Crippen LogP contribution in [0.25, 0.3) is 11.3 Å². The summed E-state index contributed by atoms with van der Waals surface area (Å²) in [6.45, 7) is 6.81. The van der Waals surface area contributed by atoms with Crippen molar-refractivity contribution in [2.75, 3.05) is 20.2 Å². The van der Waals surface area contributed by atoms with E-state index in [9.17, 15) is 0 Å². The minimum absolute atomic E-state index is 0.404. The van der Waals surface area contributed by atoms with Gasteiger partial charge in [0.05, 0.1) is 24.1 Å². The molecule has 0 aromatic carbocycles. The zero-order valence-electron chi connectivity index (χ0n) is 16.4. The van der Waals surface area contributed by atoms with Gasteiger partial charge in [0.1, 0.15) is 12.1 Å². The number of methoxy groups -OCH3 is 1. The Balaban J connectivity index is 1.38. The third kappa shape index (κ3) is 4.01. The summed E-state index contributed by atoms with van der Waals surface area (Å²) in [7, 11) is 1.57. The zero-order valence-corrected chi connectivity index (χ0v) is 16.4. The lowest BCUT2D eigenvalue weighted by molar-refractivity contribution is 0.314. The van der Waals surface area contributed by atoms with Crippen LogP contribution in [0.3, 0.4) is 0 Å². The highest BCUT2D eigenvalue weighted by atomic mass is 16.5. The molecule has 146 valence electrons. The van der Waals surface area contributed by atoms with Gasteiger partial charge in [-0.2, -0.15) is 0 Å². The molecule has 0 amide bonds. The van der Waals surface area contributed by atoms with Gasteiger partial charge in [-0.1, -0.05) is 5.16 Å². The number of hydrogen-bond acceptors (Lipinski definition) is 8. The minimum Gasteiger partial charge on any atom is -0.467 e. The Morgan fingerprint density at radius 2 is 2.00 bits per heavy atom. The second-order valence-electron chi connectivity index (χ2n) is 7.27. The SMILES string of the molecule is COc1ncc(CN2CCC(Cc3cc(-c4c(C)noc4C)ncn3)C2)cn1. The molecule has 0 N–H and O–H groups in total. The fourth-order valence-electron chi connectivity index (χ4n) is 3.80. The van der Waals surface area contributed by atoms with Gasteiger partial charge in [0.25, 0.3) is 0 Å². The van der Waals surface area contributed by atoms with Gasteiger partial charge in [0, 0.05) is 36.7 Å². The third-order valence-corrected chi connectivity index (χ3v) is 5.15. The number of ether oxygens (including phenoxy) is 1. The molecule has 4 rings (SSSR count). The highest BCUT2D eigenvalue weighted by molar-refractivity contribution is 5.63. The van der Waals surface area contributed by atoms with Gasteiger partial charge in [0.15, 0.2) is 0 Å². The van der Waals surface area contributed by atoms with Gasteiger partial charge >= 0.3 is 6.01 Å². The molecule has 1 aliphatic rings. The van der Waals surface area contributed by atoms with E-state index in [1.54, 1.807) is 13.4 Å². The smallest absolute Gasteiger partial charge is 0.316 e. The maximum atomic E-state index is 5.27. The molecule has 0 aliphatic carbocycles. The quantitative estimate of drug-likeness (QED) is 0.645. The fraction of sp³-hybridized carbons (Fsp3) is 0.450. The lowest BCUT2D eigenvalue weighted by Crippen LogP contribution is -2.21. The number of aryl methyl sites for hydroxylation is 2. The van der Waals surface area contributed by atoms with E-state index in [1.165, 1.54) is 0 Å². The normalized spacial score (nSPS) is 17.2. The summed E-state index contributed by atoms with van der Waals surface area (Å²) in [5.74, 6) is 1.36. The molecule has 0 radical (unpaired) electrons. The molecule has 0 saturated carbocycles. The molecule has 1 atom stereocenters. The largest absolute Gasteiger partial charge is 0.467 e. The van der Waals surface area contributed by atoms with Crippen LogP contribution >= 0.6 is 0 Å². The van der Waals surface area contributed by atoms with Crippen LogP contribution in [0.5, 0.6) is 6.01 Å². The molecular formula is C20H24N6O2. The van der Waals surface area contributed by atoms with Crippen molar-refractivity contribution >= 4 is 0 Å². The van der Waals surface area contributed by atoms with E-state index < -0.39 is 0 Å². The molecule has 8 heteroatoms. The van der Waals surface area contributed by atoms with E-state index in [1.807, 2.05) is 26.2 Å². The molecule has 3 aromatic rings. The van der Waals surface area contributed by atoms with Gasteiger partial charge in [-0.15, -0.1) is 0 Å². The predicted octanol–water partition coefficient (Wildman–Crippen LogP) is 2.61. The minimum atomic E-state index is 0.404. The molecule has 1 aliphatic heterocycles. The summed E-state index contributed by atoms with van der Waals surface area (Å²) in [6, 6.07) is 2.47. The zero-order chi connectivity index (χ0) is 19.5. The predicted molar refractivity (Wildman–Crippen MR) is 103 cm³/mol. The van der Waals surface area contributed by atoms with Crippen molar-refractivity contribution in [3.8, 4) is 17.3 Å². The molecule has 28 heavy (non-hydrogen) atoms. The summed E-state index contributed by atoms with van der Waals surface area (Å²) >= 11 is 0. The first-order valence-electron chi connectivity index (χ1n) is 9.44. The Labute approximate surface area is 164 Å². The maximum absolute atomic E-state index is 5.27. The van der Waals surface area contributed by atoms with E-state index in [0.717, 1.165) is 66.4 Å². The van der Waals surface area contributed by atoms with Gasteiger partial charge in [-0.25, -0.2) is 19.9 Å². The Kier molecular flexibility index (Phi) is 5.29. The van der Waals surface area contributed by atoms with Gasteiger partial charge in [-0.05, 0) is 45.2 Å². The average Bonchev–Trinajstić information content (AvgIpc) is 3.28. The van der Waals surface area contributed by atoms with E-state index in [0.29, 0.717) is 11.9 Å². The summed E-state index contributed by atoms with van der Waals surface area (Å²) < 4.78 is 10.3. The van der Waals surface area contributed by atoms with Crippen LogP contribution in [0.2, 0.25) is 0 Å². The summed E-state index contributed by atoms with van der Waals surface area (Å²) in [5, 5.41) is 4.03. The van der Waals surface area contributed by atoms with Crippen molar-refractivity contribution in [3.63, 3.8) is 0 Å². The lowest BCUT2D eigenvalue weighted by Gasteiger charge is -2.15. The summed E-state index contributed by atoms with van der Waals surface area (Å²) in [4.78, 5) is 19.7. The van der Waals surface area contributed by atoms with E-state index in [2.05, 4.69) is 36.1 Å². The third-order valence-electron chi connectivity index (χ3n) is 5.15. The highest BCUT2D eigenvalue weighted by Gasteiger charge is 2.24. The molecule has 1 unspecified atom stereocenters. The first kappa shape index (κ1) is 18.5. The number of likely N-dealkylation sites (tertiary alicyclic amines) is 1. The van der Waals surface area contributed by atoms with Crippen LogP contribution in [-0.2, 0) is 13.0 Å². The monoisotopic (exact) mass is 380 g/mol. The van der Waals surface area contributed by atoms with Gasteiger partial charge < -0.3 is 9.26 Å². The van der Waals surface area contributed by atoms with Crippen molar-refractivity contribution in [2.45, 2.75) is 33.2 Å². The van der Waals surface area contributed by atoms with Crippen molar-refractivity contribution in [1.29, 1.82) is 0 Å². The number of aromatic nitrogens is 5.